The summed E-state index contributed by atoms with van der Waals surface area (Å²) in [6.07, 6.45) is -4.70. The predicted molar refractivity (Wildman–Crippen MR) is 64.0 cm³/mol. The molecular weight excluding hydrogens is 300 g/mol. The van der Waals surface area contributed by atoms with Gasteiger partial charge < -0.3 is 4.74 Å². The van der Waals surface area contributed by atoms with Gasteiger partial charge in [0.2, 0.25) is 5.28 Å². The molecule has 0 spiro atoms. The number of benzene rings is 1. The molecule has 0 saturated carbocycles. The van der Waals surface area contributed by atoms with E-state index in [0.717, 1.165) is 0 Å². The Hall–Kier alpha value is -1.89. The van der Waals surface area contributed by atoms with Gasteiger partial charge in [0.15, 0.2) is 11.6 Å². The van der Waals surface area contributed by atoms with Gasteiger partial charge >= 0.3 is 6.18 Å². The van der Waals surface area contributed by atoms with Crippen molar-refractivity contribution in [2.75, 3.05) is 7.11 Å². The first kappa shape index (κ1) is 14.5. The van der Waals surface area contributed by atoms with E-state index < -0.39 is 23.0 Å². The quantitative estimate of drug-likeness (QED) is 0.622. The second-order valence-electron chi connectivity index (χ2n) is 3.73. The highest BCUT2D eigenvalue weighted by molar-refractivity contribution is 6.28. The molecule has 0 aliphatic carbocycles. The Labute approximate surface area is 116 Å². The molecule has 0 atom stereocenters. The number of nitrogens with zero attached hydrogens (tertiary/aromatic N) is 2. The van der Waals surface area contributed by atoms with Crippen LogP contribution in [-0.4, -0.2) is 17.1 Å². The Bertz CT molecular complexity index is 646. The molecule has 0 amide bonds. The zero-order chi connectivity index (χ0) is 14.9. The minimum absolute atomic E-state index is 0.106. The van der Waals surface area contributed by atoms with Gasteiger partial charge in [-0.15, -0.1) is 0 Å². The third-order valence-electron chi connectivity index (χ3n) is 2.45. The molecule has 2 rings (SSSR count). The van der Waals surface area contributed by atoms with E-state index >= 15 is 0 Å². The number of rotatable bonds is 2. The van der Waals surface area contributed by atoms with Gasteiger partial charge in [-0.1, -0.05) is 6.07 Å². The summed E-state index contributed by atoms with van der Waals surface area (Å²) in [5, 5.41) is -0.614. The molecule has 0 bridgehead atoms. The largest absolute Gasteiger partial charge is 0.494 e. The van der Waals surface area contributed by atoms with Crippen LogP contribution in [0.25, 0.3) is 11.3 Å². The summed E-state index contributed by atoms with van der Waals surface area (Å²) >= 11 is 5.46. The van der Waals surface area contributed by atoms with Crippen LogP contribution in [0.15, 0.2) is 24.3 Å². The third-order valence-corrected chi connectivity index (χ3v) is 2.62. The fourth-order valence-corrected chi connectivity index (χ4v) is 1.75. The minimum Gasteiger partial charge on any atom is -0.494 e. The van der Waals surface area contributed by atoms with Crippen LogP contribution < -0.4 is 4.74 Å². The van der Waals surface area contributed by atoms with Gasteiger partial charge in [-0.3, -0.25) is 0 Å². The van der Waals surface area contributed by atoms with Crippen LogP contribution in [0.3, 0.4) is 0 Å². The molecule has 106 valence electrons. The molecule has 1 aromatic carbocycles. The van der Waals surface area contributed by atoms with Crippen LogP contribution in [0.4, 0.5) is 17.6 Å². The van der Waals surface area contributed by atoms with Gasteiger partial charge in [0.05, 0.1) is 12.8 Å². The van der Waals surface area contributed by atoms with Crippen LogP contribution >= 0.6 is 11.6 Å². The van der Waals surface area contributed by atoms with Crippen LogP contribution in [-0.2, 0) is 6.18 Å². The highest BCUT2D eigenvalue weighted by Gasteiger charge is 2.34. The van der Waals surface area contributed by atoms with Crippen molar-refractivity contribution in [2.24, 2.45) is 0 Å². The van der Waals surface area contributed by atoms with Gasteiger partial charge in [0.25, 0.3) is 0 Å². The Morgan fingerprint density at radius 2 is 1.90 bits per heavy atom. The van der Waals surface area contributed by atoms with Crippen molar-refractivity contribution in [3.63, 3.8) is 0 Å². The molecule has 0 unspecified atom stereocenters. The standard InChI is InChI=1S/C12H7ClF4N2O/c1-20-8-4-2-3-6(10(8)14)7-5-9(12(15,16)17)19-11(13)18-7/h2-5H,1H3. The second kappa shape index (κ2) is 5.24. The molecular formula is C12H7ClF4N2O. The van der Waals surface area contributed by atoms with Crippen molar-refractivity contribution >= 4 is 11.6 Å². The Morgan fingerprint density at radius 3 is 2.50 bits per heavy atom. The number of hydrogen-bond acceptors (Lipinski definition) is 3. The normalized spacial score (nSPS) is 11.5. The molecule has 1 aromatic heterocycles. The number of alkyl halides is 3. The number of methoxy groups -OCH3 is 1. The van der Waals surface area contributed by atoms with E-state index in [1.807, 2.05) is 0 Å². The number of aromatic nitrogens is 2. The maximum absolute atomic E-state index is 14.0. The molecule has 0 aliphatic rings. The Kier molecular flexibility index (Phi) is 3.80. The number of hydrogen-bond donors (Lipinski definition) is 0. The molecule has 0 N–H and O–H groups in total. The average Bonchev–Trinajstić information content (AvgIpc) is 2.37. The van der Waals surface area contributed by atoms with Gasteiger partial charge in [-0.05, 0) is 29.8 Å². The predicted octanol–water partition coefficient (Wildman–Crippen LogP) is 3.96. The fourth-order valence-electron chi connectivity index (χ4n) is 1.57. The van der Waals surface area contributed by atoms with E-state index in [-0.39, 0.29) is 17.0 Å². The van der Waals surface area contributed by atoms with E-state index in [1.165, 1.54) is 25.3 Å². The first-order chi connectivity index (χ1) is 9.32. The van der Waals surface area contributed by atoms with Crippen molar-refractivity contribution in [1.29, 1.82) is 0 Å². The van der Waals surface area contributed by atoms with Crippen molar-refractivity contribution in [1.82, 2.24) is 9.97 Å². The lowest BCUT2D eigenvalue weighted by molar-refractivity contribution is -0.141. The number of halogens is 5. The van der Waals surface area contributed by atoms with E-state index in [9.17, 15) is 17.6 Å². The van der Waals surface area contributed by atoms with Crippen molar-refractivity contribution in [3.8, 4) is 17.0 Å². The maximum Gasteiger partial charge on any atom is 0.433 e. The van der Waals surface area contributed by atoms with Crippen LogP contribution in [0, 0.1) is 5.82 Å². The summed E-state index contributed by atoms with van der Waals surface area (Å²) in [4.78, 5) is 6.69. The lowest BCUT2D eigenvalue weighted by Gasteiger charge is -2.10. The average molecular weight is 307 g/mol. The molecule has 3 nitrogen and oxygen atoms in total. The Balaban J connectivity index is 2.62. The van der Waals surface area contributed by atoms with Gasteiger partial charge in [0, 0.05) is 5.56 Å². The van der Waals surface area contributed by atoms with E-state index in [2.05, 4.69) is 9.97 Å². The van der Waals surface area contributed by atoms with E-state index in [0.29, 0.717) is 6.07 Å². The molecule has 2 aromatic rings. The van der Waals surface area contributed by atoms with Crippen LogP contribution in [0.5, 0.6) is 5.75 Å². The zero-order valence-corrected chi connectivity index (χ0v) is 10.8. The summed E-state index contributed by atoms with van der Waals surface area (Å²) in [6.45, 7) is 0. The monoisotopic (exact) mass is 306 g/mol. The third kappa shape index (κ3) is 2.82. The van der Waals surface area contributed by atoms with Crippen molar-refractivity contribution in [2.45, 2.75) is 6.18 Å². The second-order valence-corrected chi connectivity index (χ2v) is 4.07. The topological polar surface area (TPSA) is 35.0 Å². The van der Waals surface area contributed by atoms with Crippen LogP contribution in [0.1, 0.15) is 5.69 Å². The SMILES string of the molecule is COc1cccc(-c2cc(C(F)(F)F)nc(Cl)n2)c1F. The molecule has 0 saturated heterocycles. The van der Waals surface area contributed by atoms with Crippen LogP contribution in [0.2, 0.25) is 5.28 Å². The van der Waals surface area contributed by atoms with E-state index in [4.69, 9.17) is 16.3 Å². The maximum atomic E-state index is 14.0. The summed E-state index contributed by atoms with van der Waals surface area (Å²) in [6, 6.07) is 4.67. The van der Waals surface area contributed by atoms with Gasteiger partial charge in [-0.25, -0.2) is 14.4 Å². The molecule has 0 aliphatic heterocycles. The molecule has 20 heavy (non-hydrogen) atoms. The molecule has 8 heteroatoms. The summed E-state index contributed by atoms with van der Waals surface area (Å²) in [5.41, 5.74) is -1.66. The molecule has 0 fully saturated rings. The first-order valence-corrected chi connectivity index (χ1v) is 5.65. The summed E-state index contributed by atoms with van der Waals surface area (Å²) < 4.78 is 56.7. The molecule has 0 radical (unpaired) electrons. The molecule has 1 heterocycles. The fraction of sp³-hybridized carbons (Fsp3) is 0.167. The Morgan fingerprint density at radius 1 is 1.20 bits per heavy atom. The van der Waals surface area contributed by atoms with E-state index in [1.54, 1.807) is 0 Å². The van der Waals surface area contributed by atoms with Gasteiger partial charge in [0.1, 0.15) is 5.69 Å². The lowest BCUT2D eigenvalue weighted by Crippen LogP contribution is -2.09. The minimum atomic E-state index is -4.70. The highest BCUT2D eigenvalue weighted by Crippen LogP contribution is 2.33. The smallest absolute Gasteiger partial charge is 0.433 e. The lowest BCUT2D eigenvalue weighted by atomic mass is 10.1. The first-order valence-electron chi connectivity index (χ1n) is 5.27. The van der Waals surface area contributed by atoms with Gasteiger partial charge in [-0.2, -0.15) is 13.2 Å². The summed E-state index contributed by atoms with van der Waals surface area (Å²) in [7, 11) is 1.25. The highest BCUT2D eigenvalue weighted by atomic mass is 35.5. The van der Waals surface area contributed by atoms with Crippen molar-refractivity contribution in [3.05, 3.63) is 41.1 Å². The zero-order valence-electron chi connectivity index (χ0n) is 10.0. The number of ether oxygens (including phenoxy) is 1. The summed E-state index contributed by atoms with van der Waals surface area (Å²) in [5.74, 6) is -0.927. The van der Waals surface area contributed by atoms with Crippen molar-refractivity contribution < 1.29 is 22.3 Å².